The molecule has 0 radical (unpaired) electrons. The van der Waals surface area contributed by atoms with Crippen molar-refractivity contribution < 1.29 is 14.0 Å². The molecule has 0 saturated carbocycles. The van der Waals surface area contributed by atoms with Crippen LogP contribution < -0.4 is 9.83 Å². The van der Waals surface area contributed by atoms with Gasteiger partial charge in [0.05, 0.1) is 5.30 Å². The van der Waals surface area contributed by atoms with Crippen LogP contribution in [0.15, 0.2) is 48.5 Å². The lowest BCUT2D eigenvalue weighted by Crippen LogP contribution is -2.12. The van der Waals surface area contributed by atoms with Crippen molar-refractivity contribution in [1.82, 2.24) is 0 Å². The number of hydrogen-bond donors (Lipinski definition) is 1. The number of hydrogen-bond acceptors (Lipinski definition) is 2. The summed E-state index contributed by atoms with van der Waals surface area (Å²) >= 11 is 0. The van der Waals surface area contributed by atoms with Crippen LogP contribution in [0.5, 0.6) is 5.75 Å². The summed E-state index contributed by atoms with van der Waals surface area (Å²) in [7, 11) is -3.83. The Kier molecular flexibility index (Phi) is 3.55. The second-order valence-corrected chi connectivity index (χ2v) is 5.87. The van der Waals surface area contributed by atoms with Crippen LogP contribution in [0, 0.1) is 13.8 Å². The van der Waals surface area contributed by atoms with E-state index in [1.807, 2.05) is 25.1 Å². The van der Waals surface area contributed by atoms with Crippen LogP contribution in [-0.4, -0.2) is 4.89 Å². The minimum Gasteiger partial charge on any atom is -0.421 e. The van der Waals surface area contributed by atoms with Crippen LogP contribution >= 0.6 is 7.60 Å². The van der Waals surface area contributed by atoms with E-state index in [0.717, 1.165) is 11.1 Å². The molecule has 0 heterocycles. The van der Waals surface area contributed by atoms with Crippen molar-refractivity contribution >= 4 is 12.9 Å². The first-order valence-electron chi connectivity index (χ1n) is 5.65. The van der Waals surface area contributed by atoms with Crippen molar-refractivity contribution in [3.63, 3.8) is 0 Å². The Hall–Kier alpha value is -1.57. The van der Waals surface area contributed by atoms with Gasteiger partial charge in [-0.05, 0) is 37.1 Å². The third-order valence-electron chi connectivity index (χ3n) is 2.74. The van der Waals surface area contributed by atoms with Crippen LogP contribution in [0.3, 0.4) is 0 Å². The molecule has 1 atom stereocenters. The molecule has 0 fully saturated rings. The van der Waals surface area contributed by atoms with Gasteiger partial charge < -0.3 is 9.42 Å². The van der Waals surface area contributed by atoms with Crippen molar-refractivity contribution in [1.29, 1.82) is 0 Å². The molecule has 0 amide bonds. The fourth-order valence-electron chi connectivity index (χ4n) is 1.72. The van der Waals surface area contributed by atoms with E-state index in [4.69, 9.17) is 4.52 Å². The number of benzene rings is 2. The molecular weight excluding hydrogens is 247 g/mol. The molecule has 2 rings (SSSR count). The highest BCUT2D eigenvalue weighted by Gasteiger charge is 2.26. The summed E-state index contributed by atoms with van der Waals surface area (Å²) in [5.41, 5.74) is 1.58. The maximum absolute atomic E-state index is 12.3. The molecule has 18 heavy (non-hydrogen) atoms. The third kappa shape index (κ3) is 2.63. The summed E-state index contributed by atoms with van der Waals surface area (Å²) in [4.78, 5) is 10.1. The average molecular weight is 262 g/mol. The van der Waals surface area contributed by atoms with Gasteiger partial charge in [0.1, 0.15) is 5.75 Å². The second-order valence-electron chi connectivity index (χ2n) is 4.16. The summed E-state index contributed by atoms with van der Waals surface area (Å²) < 4.78 is 17.6. The smallest absolute Gasteiger partial charge is 0.408 e. The molecule has 2 aromatic carbocycles. The summed E-state index contributed by atoms with van der Waals surface area (Å²) in [6, 6.07) is 14.1. The molecule has 4 heteroatoms. The van der Waals surface area contributed by atoms with E-state index in [1.165, 1.54) is 0 Å². The Morgan fingerprint density at radius 2 is 1.50 bits per heavy atom. The molecule has 0 spiro atoms. The van der Waals surface area contributed by atoms with Crippen LogP contribution in [-0.2, 0) is 4.57 Å². The third-order valence-corrected chi connectivity index (χ3v) is 4.29. The van der Waals surface area contributed by atoms with E-state index in [-0.39, 0.29) is 0 Å². The topological polar surface area (TPSA) is 46.5 Å². The van der Waals surface area contributed by atoms with Gasteiger partial charge in [-0.1, -0.05) is 36.4 Å². The average Bonchev–Trinajstić information content (AvgIpc) is 2.32. The standard InChI is InChI=1S/C14H15O3P/c1-11-7-3-5-9-13(11)17-18(15,16)14-10-6-4-8-12(14)2/h3-10H,1-2H3,(H,15,16). The number of aryl methyl sites for hydroxylation is 2. The van der Waals surface area contributed by atoms with Gasteiger partial charge in [0, 0.05) is 0 Å². The summed E-state index contributed by atoms with van der Waals surface area (Å²) in [6.07, 6.45) is 0. The van der Waals surface area contributed by atoms with Gasteiger partial charge in [-0.2, -0.15) is 0 Å². The Morgan fingerprint density at radius 3 is 2.11 bits per heavy atom. The fourth-order valence-corrected chi connectivity index (χ4v) is 3.09. The van der Waals surface area contributed by atoms with Crippen LogP contribution in [0.1, 0.15) is 11.1 Å². The minimum atomic E-state index is -3.83. The van der Waals surface area contributed by atoms with Gasteiger partial charge >= 0.3 is 7.60 Å². The van der Waals surface area contributed by atoms with Crippen molar-refractivity contribution in [3.8, 4) is 5.75 Å². The lowest BCUT2D eigenvalue weighted by atomic mass is 10.2. The van der Waals surface area contributed by atoms with Crippen LogP contribution in [0.25, 0.3) is 0 Å². The van der Waals surface area contributed by atoms with Gasteiger partial charge in [0.25, 0.3) is 0 Å². The van der Waals surface area contributed by atoms with Crippen molar-refractivity contribution in [2.75, 3.05) is 0 Å². The number of para-hydroxylation sites is 1. The molecule has 94 valence electrons. The van der Waals surface area contributed by atoms with E-state index in [1.54, 1.807) is 37.3 Å². The lowest BCUT2D eigenvalue weighted by Gasteiger charge is -2.16. The van der Waals surface area contributed by atoms with Gasteiger partial charge in [-0.25, -0.2) is 4.57 Å². The molecule has 1 N–H and O–H groups in total. The zero-order chi connectivity index (χ0) is 13.2. The first-order chi connectivity index (χ1) is 8.50. The highest BCUT2D eigenvalue weighted by molar-refractivity contribution is 7.61. The first-order valence-corrected chi connectivity index (χ1v) is 7.23. The Bertz CT molecular complexity index is 607. The predicted octanol–water partition coefficient (Wildman–Crippen LogP) is 3.19. The molecule has 0 aliphatic rings. The predicted molar refractivity (Wildman–Crippen MR) is 72.4 cm³/mol. The van der Waals surface area contributed by atoms with Crippen LogP contribution in [0.2, 0.25) is 0 Å². The molecule has 2 aromatic rings. The van der Waals surface area contributed by atoms with Crippen molar-refractivity contribution in [2.45, 2.75) is 13.8 Å². The highest BCUT2D eigenvalue weighted by atomic mass is 31.2. The largest absolute Gasteiger partial charge is 0.421 e. The molecule has 0 saturated heterocycles. The minimum absolute atomic E-state index is 0.341. The van der Waals surface area contributed by atoms with E-state index >= 15 is 0 Å². The number of rotatable bonds is 3. The van der Waals surface area contributed by atoms with E-state index in [9.17, 15) is 9.46 Å². The van der Waals surface area contributed by atoms with Crippen molar-refractivity contribution in [3.05, 3.63) is 59.7 Å². The first kappa shape index (κ1) is 12.9. The van der Waals surface area contributed by atoms with E-state index in [2.05, 4.69) is 0 Å². The monoisotopic (exact) mass is 262 g/mol. The molecular formula is C14H15O3P. The zero-order valence-electron chi connectivity index (χ0n) is 10.3. The molecule has 0 aliphatic heterocycles. The van der Waals surface area contributed by atoms with Crippen molar-refractivity contribution in [2.24, 2.45) is 0 Å². The summed E-state index contributed by atoms with van der Waals surface area (Å²) in [5, 5.41) is 0.341. The fraction of sp³-hybridized carbons (Fsp3) is 0.143. The molecule has 1 unspecified atom stereocenters. The quantitative estimate of drug-likeness (QED) is 0.864. The highest BCUT2D eigenvalue weighted by Crippen LogP contribution is 2.43. The normalized spacial score (nSPS) is 13.9. The molecule has 0 aromatic heterocycles. The molecule has 3 nitrogen and oxygen atoms in total. The maximum Gasteiger partial charge on any atom is 0.408 e. The Labute approximate surface area is 107 Å². The summed E-state index contributed by atoms with van der Waals surface area (Å²) in [6.45, 7) is 3.63. The van der Waals surface area contributed by atoms with E-state index in [0.29, 0.717) is 11.1 Å². The maximum atomic E-state index is 12.3. The molecule has 0 bridgehead atoms. The van der Waals surface area contributed by atoms with Gasteiger partial charge in [-0.3, -0.25) is 0 Å². The van der Waals surface area contributed by atoms with Gasteiger partial charge in [0.15, 0.2) is 0 Å². The Balaban J connectivity index is 2.37. The Morgan fingerprint density at radius 1 is 0.944 bits per heavy atom. The van der Waals surface area contributed by atoms with E-state index < -0.39 is 7.60 Å². The van der Waals surface area contributed by atoms with Gasteiger partial charge in [0.2, 0.25) is 0 Å². The zero-order valence-corrected chi connectivity index (χ0v) is 11.2. The summed E-state index contributed by atoms with van der Waals surface area (Å²) in [5.74, 6) is 0.437. The molecule has 0 aliphatic carbocycles. The second kappa shape index (κ2) is 4.97. The van der Waals surface area contributed by atoms with Crippen LogP contribution in [0.4, 0.5) is 0 Å². The lowest BCUT2D eigenvalue weighted by molar-refractivity contribution is 0.392. The SMILES string of the molecule is Cc1ccccc1OP(=O)(O)c1ccccc1C. The van der Waals surface area contributed by atoms with Gasteiger partial charge in [-0.15, -0.1) is 0 Å².